The molecule has 2 heterocycles. The first kappa shape index (κ1) is 48.5. The SMILES string of the molecule is CC/C=C\C/C=C\C/C=C\C/C=C\C/C=C\C/C=C\CCC(=O)OC[C@@H]1CC(=O)N2[C@H](CN(Cc3cccc4ccccc34)C(=O)[C@@H]2Cc2ccc(O)cc2)N1C(=O)NCc1ccccc1. The molecular formula is C56H64N4O6. The molecule has 10 heteroatoms. The van der Waals surface area contributed by atoms with Crippen LogP contribution in [0.15, 0.2) is 170 Å². The van der Waals surface area contributed by atoms with Crippen molar-refractivity contribution in [1.29, 1.82) is 0 Å². The molecule has 2 aliphatic rings. The zero-order chi connectivity index (χ0) is 46.4. The maximum atomic E-state index is 14.6. The quantitative estimate of drug-likeness (QED) is 0.0599. The summed E-state index contributed by atoms with van der Waals surface area (Å²) in [6.07, 6.45) is 31.1. The number of amides is 4. The summed E-state index contributed by atoms with van der Waals surface area (Å²) in [7, 11) is 0. The van der Waals surface area contributed by atoms with E-state index in [2.05, 4.69) is 73.0 Å². The number of carbonyl (C=O) groups excluding carboxylic acids is 4. The number of rotatable bonds is 22. The number of nitrogens with zero attached hydrogens (tertiary/aromatic N) is 3. The smallest absolute Gasteiger partial charge is 0.319 e. The third kappa shape index (κ3) is 14.5. The molecule has 2 aliphatic heterocycles. The van der Waals surface area contributed by atoms with E-state index in [9.17, 15) is 24.3 Å². The molecule has 2 fully saturated rings. The van der Waals surface area contributed by atoms with Crippen LogP contribution in [0.3, 0.4) is 0 Å². The average Bonchev–Trinajstić information content (AvgIpc) is 3.33. The van der Waals surface area contributed by atoms with Crippen LogP contribution in [0.5, 0.6) is 5.75 Å². The first-order chi connectivity index (χ1) is 32.3. The summed E-state index contributed by atoms with van der Waals surface area (Å²) in [5.74, 6) is -0.859. The summed E-state index contributed by atoms with van der Waals surface area (Å²) in [6, 6.07) is 28.0. The highest BCUT2D eigenvalue weighted by molar-refractivity contribution is 5.92. The summed E-state index contributed by atoms with van der Waals surface area (Å²) >= 11 is 0. The fraction of sp³-hybridized carbons (Fsp3) is 0.321. The van der Waals surface area contributed by atoms with Gasteiger partial charge in [0.05, 0.1) is 19.0 Å². The molecule has 66 heavy (non-hydrogen) atoms. The summed E-state index contributed by atoms with van der Waals surface area (Å²) in [4.78, 5) is 61.4. The zero-order valence-corrected chi connectivity index (χ0v) is 38.1. The van der Waals surface area contributed by atoms with Crippen LogP contribution in [0.1, 0.15) is 81.4 Å². The van der Waals surface area contributed by atoms with Crippen molar-refractivity contribution in [2.75, 3.05) is 13.2 Å². The van der Waals surface area contributed by atoms with Crippen LogP contribution in [-0.2, 0) is 38.6 Å². The Balaban J connectivity index is 1.08. The van der Waals surface area contributed by atoms with Crippen LogP contribution >= 0.6 is 0 Å². The minimum atomic E-state index is -0.926. The van der Waals surface area contributed by atoms with Gasteiger partial charge < -0.3 is 25.0 Å². The fourth-order valence-electron chi connectivity index (χ4n) is 8.35. The molecule has 10 nitrogen and oxygen atoms in total. The normalized spacial score (nSPS) is 18.0. The van der Waals surface area contributed by atoms with Gasteiger partial charge in [0.1, 0.15) is 24.6 Å². The second-order valence-electron chi connectivity index (χ2n) is 16.6. The number of phenolic OH excluding ortho intramolecular Hbond substituents is 1. The van der Waals surface area contributed by atoms with Gasteiger partial charge in [-0.15, -0.1) is 0 Å². The summed E-state index contributed by atoms with van der Waals surface area (Å²) < 4.78 is 5.81. The number of urea groups is 1. The van der Waals surface area contributed by atoms with Crippen molar-refractivity contribution in [2.24, 2.45) is 0 Å². The third-order valence-corrected chi connectivity index (χ3v) is 11.7. The van der Waals surface area contributed by atoms with Gasteiger partial charge in [-0.25, -0.2) is 4.79 Å². The Kier molecular flexibility index (Phi) is 19.2. The molecule has 0 radical (unpaired) electrons. The molecule has 3 atom stereocenters. The molecule has 0 spiro atoms. The van der Waals surface area contributed by atoms with Gasteiger partial charge in [0.2, 0.25) is 11.8 Å². The number of aromatic hydroxyl groups is 1. The number of ether oxygens (including phenoxy) is 1. The molecule has 6 rings (SSSR count). The highest BCUT2D eigenvalue weighted by atomic mass is 16.5. The van der Waals surface area contributed by atoms with Gasteiger partial charge in [0.25, 0.3) is 0 Å². The Morgan fingerprint density at radius 2 is 1.32 bits per heavy atom. The predicted molar refractivity (Wildman–Crippen MR) is 263 cm³/mol. The number of allylic oxidation sites excluding steroid dienone is 12. The van der Waals surface area contributed by atoms with E-state index in [0.29, 0.717) is 6.42 Å². The highest BCUT2D eigenvalue weighted by Crippen LogP contribution is 2.33. The van der Waals surface area contributed by atoms with Crippen LogP contribution in [-0.4, -0.2) is 75.0 Å². The Morgan fingerprint density at radius 3 is 1.98 bits per heavy atom. The Morgan fingerprint density at radius 1 is 0.712 bits per heavy atom. The van der Waals surface area contributed by atoms with Crippen molar-refractivity contribution < 1.29 is 29.0 Å². The lowest BCUT2D eigenvalue weighted by molar-refractivity contribution is -0.173. The van der Waals surface area contributed by atoms with Crippen molar-refractivity contribution >= 4 is 34.6 Å². The second kappa shape index (κ2) is 26.1. The summed E-state index contributed by atoms with van der Waals surface area (Å²) in [6.45, 7) is 2.54. The van der Waals surface area contributed by atoms with Crippen molar-refractivity contribution in [3.05, 3.63) is 187 Å². The van der Waals surface area contributed by atoms with E-state index >= 15 is 0 Å². The minimum absolute atomic E-state index is 0.0613. The van der Waals surface area contributed by atoms with Gasteiger partial charge in [0, 0.05) is 25.9 Å². The fourth-order valence-corrected chi connectivity index (χ4v) is 8.35. The maximum absolute atomic E-state index is 14.6. The lowest BCUT2D eigenvalue weighted by Crippen LogP contribution is -2.74. The molecule has 0 saturated carbocycles. The Hall–Kier alpha value is -6.94. The van der Waals surface area contributed by atoms with E-state index < -0.39 is 30.2 Å². The van der Waals surface area contributed by atoms with Gasteiger partial charge in [-0.2, -0.15) is 0 Å². The zero-order valence-electron chi connectivity index (χ0n) is 38.1. The molecule has 0 aromatic heterocycles. The van der Waals surface area contributed by atoms with Crippen molar-refractivity contribution in [3.63, 3.8) is 0 Å². The number of esters is 1. The average molecular weight is 889 g/mol. The van der Waals surface area contributed by atoms with Crippen molar-refractivity contribution in [2.45, 2.75) is 102 Å². The number of fused-ring (bicyclic) bond motifs is 2. The highest BCUT2D eigenvalue weighted by Gasteiger charge is 2.52. The summed E-state index contributed by atoms with van der Waals surface area (Å²) in [5, 5.41) is 15.1. The molecule has 0 unspecified atom stereocenters. The van der Waals surface area contributed by atoms with Crippen LogP contribution in [0.25, 0.3) is 10.8 Å². The van der Waals surface area contributed by atoms with Gasteiger partial charge in [-0.05, 0) is 84.5 Å². The van der Waals surface area contributed by atoms with E-state index in [4.69, 9.17) is 4.74 Å². The monoisotopic (exact) mass is 888 g/mol. The molecule has 0 aliphatic carbocycles. The number of piperazine rings is 1. The molecular weight excluding hydrogens is 825 g/mol. The first-order valence-corrected chi connectivity index (χ1v) is 23.3. The lowest BCUT2D eigenvalue weighted by Gasteiger charge is -2.54. The van der Waals surface area contributed by atoms with E-state index in [1.807, 2.05) is 84.9 Å². The first-order valence-electron chi connectivity index (χ1n) is 23.3. The van der Waals surface area contributed by atoms with Crippen LogP contribution < -0.4 is 5.32 Å². The molecule has 4 aromatic rings. The van der Waals surface area contributed by atoms with Crippen LogP contribution in [0.2, 0.25) is 0 Å². The molecule has 2 N–H and O–H groups in total. The standard InChI is InChI=1S/C56H64N4O6/c1-2-3-4-5-6-7-8-9-10-11-12-13-14-15-16-17-18-19-23-33-54(63)66-43-48-39-53(62)60-51(38-44-34-36-49(61)37-35-44)55(64)58(41-47-31-26-30-46-29-24-25-32-50(46)47)42-52(60)59(48)56(65)57-40-45-27-21-20-22-28-45/h3-4,6-7,9-10,12-13,15-16,18-22,24-32,34-37,48,51-52,61H,2,5,8,11,14,17,23,33,38-43H2,1H3,(H,57,65)/b4-3-,7-6-,10-9-,13-12-,16-15-,19-18-/t48-,51-,52+/m0/s1. The molecule has 2 saturated heterocycles. The Labute approximate surface area is 390 Å². The van der Waals surface area contributed by atoms with Gasteiger partial charge in [-0.1, -0.05) is 165 Å². The number of benzene rings is 4. The third-order valence-electron chi connectivity index (χ3n) is 11.7. The second-order valence-corrected chi connectivity index (χ2v) is 16.6. The molecule has 4 amide bonds. The van der Waals surface area contributed by atoms with Crippen LogP contribution in [0.4, 0.5) is 4.79 Å². The number of nitrogens with one attached hydrogen (secondary N) is 1. The van der Waals surface area contributed by atoms with E-state index in [-0.39, 0.29) is 63.1 Å². The van der Waals surface area contributed by atoms with E-state index in [0.717, 1.165) is 66.0 Å². The minimum Gasteiger partial charge on any atom is -0.508 e. The largest absolute Gasteiger partial charge is 0.508 e. The van der Waals surface area contributed by atoms with Crippen molar-refractivity contribution in [3.8, 4) is 5.75 Å². The molecule has 4 aromatic carbocycles. The predicted octanol–water partition coefficient (Wildman–Crippen LogP) is 10.7. The van der Waals surface area contributed by atoms with Crippen molar-refractivity contribution in [1.82, 2.24) is 20.0 Å². The Bertz CT molecular complexity index is 2380. The number of hydrogen-bond donors (Lipinski definition) is 2. The number of phenols is 1. The van der Waals surface area contributed by atoms with Gasteiger partial charge in [0.15, 0.2) is 0 Å². The topological polar surface area (TPSA) is 119 Å². The van der Waals surface area contributed by atoms with Gasteiger partial charge in [-0.3, -0.25) is 19.3 Å². The van der Waals surface area contributed by atoms with E-state index in [1.165, 1.54) is 0 Å². The van der Waals surface area contributed by atoms with Crippen LogP contribution in [0, 0.1) is 0 Å². The van der Waals surface area contributed by atoms with E-state index in [1.54, 1.807) is 39.0 Å². The molecule has 344 valence electrons. The van der Waals surface area contributed by atoms with Gasteiger partial charge >= 0.3 is 12.0 Å². The molecule has 0 bridgehead atoms. The maximum Gasteiger partial charge on any atom is 0.319 e. The number of hydrogen-bond acceptors (Lipinski definition) is 6. The summed E-state index contributed by atoms with van der Waals surface area (Å²) in [5.41, 5.74) is 2.60. The lowest BCUT2D eigenvalue weighted by atomic mass is 9.94. The number of carbonyl (C=O) groups is 4.